The fraction of sp³-hybridized carbons (Fsp3) is 0.929. The molecule has 4 nitrogen and oxygen atoms in total. The Hall–Kier alpha value is -0.770. The summed E-state index contributed by atoms with van der Waals surface area (Å²) in [7, 11) is 0. The molecule has 0 spiro atoms. The maximum Gasteiger partial charge on any atom is 0.315 e. The molecular formula is C14H27N3O. The summed E-state index contributed by atoms with van der Waals surface area (Å²) in [6.07, 6.45) is 9.92. The molecule has 1 aliphatic carbocycles. The van der Waals surface area contributed by atoms with Crippen molar-refractivity contribution in [3.63, 3.8) is 0 Å². The van der Waals surface area contributed by atoms with E-state index in [0.717, 1.165) is 32.4 Å². The molecule has 1 aliphatic heterocycles. The third kappa shape index (κ3) is 4.84. The highest BCUT2D eigenvalue weighted by Gasteiger charge is 2.15. The molecule has 18 heavy (non-hydrogen) atoms. The van der Waals surface area contributed by atoms with Gasteiger partial charge in [0.25, 0.3) is 0 Å². The zero-order chi connectivity index (χ0) is 12.6. The third-order valence-corrected chi connectivity index (χ3v) is 4.08. The molecule has 4 heteroatoms. The van der Waals surface area contributed by atoms with E-state index in [2.05, 4.69) is 15.5 Å². The molecule has 0 aromatic carbocycles. The van der Waals surface area contributed by atoms with Crippen LogP contribution in [0.15, 0.2) is 0 Å². The molecule has 104 valence electrons. The Morgan fingerprint density at radius 1 is 1.06 bits per heavy atom. The van der Waals surface area contributed by atoms with Crippen molar-refractivity contribution in [2.45, 2.75) is 57.4 Å². The fourth-order valence-corrected chi connectivity index (χ4v) is 2.99. The average Bonchev–Trinajstić information content (AvgIpc) is 2.89. The minimum atomic E-state index is 0.0309. The molecule has 2 fully saturated rings. The first kappa shape index (κ1) is 13.7. The highest BCUT2D eigenvalue weighted by Crippen LogP contribution is 2.17. The number of nitrogens with zero attached hydrogens (tertiary/aromatic N) is 1. The summed E-state index contributed by atoms with van der Waals surface area (Å²) in [5.74, 6) is 0. The normalized spacial score (nSPS) is 22.0. The lowest BCUT2D eigenvalue weighted by Gasteiger charge is -2.23. The van der Waals surface area contributed by atoms with E-state index in [4.69, 9.17) is 0 Å². The smallest absolute Gasteiger partial charge is 0.315 e. The van der Waals surface area contributed by atoms with Gasteiger partial charge in [-0.25, -0.2) is 4.79 Å². The van der Waals surface area contributed by atoms with Crippen LogP contribution in [0.5, 0.6) is 0 Å². The number of likely N-dealkylation sites (tertiary alicyclic amines) is 1. The molecule has 1 heterocycles. The van der Waals surface area contributed by atoms with Crippen molar-refractivity contribution in [2.75, 3.05) is 26.2 Å². The topological polar surface area (TPSA) is 44.4 Å². The van der Waals surface area contributed by atoms with Gasteiger partial charge in [-0.15, -0.1) is 0 Å². The van der Waals surface area contributed by atoms with Gasteiger partial charge in [0.1, 0.15) is 0 Å². The standard InChI is InChI=1S/C14H27N3O/c18-14(16-13-7-2-1-3-8-13)15-9-6-12-17-10-4-5-11-17/h13H,1-12H2,(H2,15,16,18). The van der Waals surface area contributed by atoms with E-state index in [1.54, 1.807) is 0 Å². The van der Waals surface area contributed by atoms with Gasteiger partial charge in [0.2, 0.25) is 0 Å². The van der Waals surface area contributed by atoms with Gasteiger partial charge in [-0.1, -0.05) is 19.3 Å². The molecular weight excluding hydrogens is 226 g/mol. The SMILES string of the molecule is O=C(NCCCN1CCCC1)NC1CCCCC1. The zero-order valence-electron chi connectivity index (χ0n) is 11.4. The maximum atomic E-state index is 11.7. The van der Waals surface area contributed by atoms with Crippen LogP contribution in [0.2, 0.25) is 0 Å². The summed E-state index contributed by atoms with van der Waals surface area (Å²) < 4.78 is 0. The van der Waals surface area contributed by atoms with Gasteiger partial charge >= 0.3 is 6.03 Å². The summed E-state index contributed by atoms with van der Waals surface area (Å²) in [6, 6.07) is 0.445. The predicted octanol–water partition coefficient (Wildman–Crippen LogP) is 2.10. The Labute approximate surface area is 110 Å². The molecule has 2 aliphatic rings. The first-order valence-electron chi connectivity index (χ1n) is 7.61. The van der Waals surface area contributed by atoms with Crippen molar-refractivity contribution < 1.29 is 4.79 Å². The van der Waals surface area contributed by atoms with Crippen LogP contribution in [-0.4, -0.2) is 43.2 Å². The van der Waals surface area contributed by atoms with Crippen LogP contribution in [0.1, 0.15) is 51.4 Å². The molecule has 1 saturated carbocycles. The number of urea groups is 1. The maximum absolute atomic E-state index is 11.7. The van der Waals surface area contributed by atoms with E-state index in [1.807, 2.05) is 0 Å². The van der Waals surface area contributed by atoms with E-state index >= 15 is 0 Å². The fourth-order valence-electron chi connectivity index (χ4n) is 2.99. The summed E-state index contributed by atoms with van der Waals surface area (Å²) in [5, 5.41) is 6.06. The number of carbonyl (C=O) groups excluding carboxylic acids is 1. The number of carbonyl (C=O) groups is 1. The van der Waals surface area contributed by atoms with E-state index in [1.165, 1.54) is 45.2 Å². The number of nitrogens with one attached hydrogen (secondary N) is 2. The van der Waals surface area contributed by atoms with Crippen molar-refractivity contribution in [1.29, 1.82) is 0 Å². The predicted molar refractivity (Wildman–Crippen MR) is 73.7 cm³/mol. The molecule has 0 radical (unpaired) electrons. The van der Waals surface area contributed by atoms with E-state index < -0.39 is 0 Å². The number of hydrogen-bond acceptors (Lipinski definition) is 2. The minimum Gasteiger partial charge on any atom is -0.338 e. The molecule has 1 saturated heterocycles. The second kappa shape index (κ2) is 7.62. The van der Waals surface area contributed by atoms with Gasteiger partial charge in [-0.05, 0) is 51.7 Å². The lowest BCUT2D eigenvalue weighted by Crippen LogP contribution is -2.43. The van der Waals surface area contributed by atoms with E-state index in [0.29, 0.717) is 6.04 Å². The van der Waals surface area contributed by atoms with Crippen molar-refractivity contribution in [3.05, 3.63) is 0 Å². The summed E-state index contributed by atoms with van der Waals surface area (Å²) in [4.78, 5) is 14.2. The summed E-state index contributed by atoms with van der Waals surface area (Å²) in [6.45, 7) is 4.42. The Kier molecular flexibility index (Phi) is 5.78. The van der Waals surface area contributed by atoms with Crippen LogP contribution in [0.3, 0.4) is 0 Å². The Bertz CT molecular complexity index is 245. The molecule has 0 unspecified atom stereocenters. The van der Waals surface area contributed by atoms with Crippen LogP contribution < -0.4 is 10.6 Å². The van der Waals surface area contributed by atoms with Gasteiger partial charge in [0.15, 0.2) is 0 Å². The summed E-state index contributed by atoms with van der Waals surface area (Å²) in [5.41, 5.74) is 0. The largest absolute Gasteiger partial charge is 0.338 e. The van der Waals surface area contributed by atoms with Crippen LogP contribution in [-0.2, 0) is 0 Å². The number of hydrogen-bond donors (Lipinski definition) is 2. The van der Waals surface area contributed by atoms with E-state index in [9.17, 15) is 4.79 Å². The van der Waals surface area contributed by atoms with Gasteiger partial charge < -0.3 is 15.5 Å². The molecule has 2 rings (SSSR count). The third-order valence-electron chi connectivity index (χ3n) is 4.08. The first-order valence-corrected chi connectivity index (χ1v) is 7.61. The Balaban J connectivity index is 1.48. The van der Waals surface area contributed by atoms with Crippen molar-refractivity contribution >= 4 is 6.03 Å². The second-order valence-corrected chi connectivity index (χ2v) is 5.64. The quantitative estimate of drug-likeness (QED) is 0.737. The van der Waals surface area contributed by atoms with Crippen LogP contribution >= 0.6 is 0 Å². The van der Waals surface area contributed by atoms with Gasteiger partial charge in [-0.2, -0.15) is 0 Å². The molecule has 0 bridgehead atoms. The van der Waals surface area contributed by atoms with Gasteiger partial charge in [0.05, 0.1) is 0 Å². The van der Waals surface area contributed by atoms with Gasteiger partial charge in [0, 0.05) is 12.6 Å². The summed E-state index contributed by atoms with van der Waals surface area (Å²) >= 11 is 0. The van der Waals surface area contributed by atoms with Crippen LogP contribution in [0.4, 0.5) is 4.79 Å². The number of amides is 2. The van der Waals surface area contributed by atoms with E-state index in [-0.39, 0.29) is 6.03 Å². The molecule has 2 amide bonds. The lowest BCUT2D eigenvalue weighted by molar-refractivity contribution is 0.231. The van der Waals surface area contributed by atoms with Crippen LogP contribution in [0, 0.1) is 0 Å². The monoisotopic (exact) mass is 253 g/mol. The molecule has 0 aromatic heterocycles. The second-order valence-electron chi connectivity index (χ2n) is 5.64. The lowest BCUT2D eigenvalue weighted by atomic mass is 9.96. The molecule has 2 N–H and O–H groups in total. The zero-order valence-corrected chi connectivity index (χ0v) is 11.4. The minimum absolute atomic E-state index is 0.0309. The molecule has 0 aromatic rings. The Morgan fingerprint density at radius 2 is 1.78 bits per heavy atom. The highest BCUT2D eigenvalue weighted by molar-refractivity contribution is 5.74. The van der Waals surface area contributed by atoms with Crippen molar-refractivity contribution in [1.82, 2.24) is 15.5 Å². The first-order chi connectivity index (χ1) is 8.84. The highest BCUT2D eigenvalue weighted by atomic mass is 16.2. The Morgan fingerprint density at radius 3 is 2.50 bits per heavy atom. The van der Waals surface area contributed by atoms with Crippen molar-refractivity contribution in [3.8, 4) is 0 Å². The molecule has 0 atom stereocenters. The average molecular weight is 253 g/mol. The van der Waals surface area contributed by atoms with Crippen molar-refractivity contribution in [2.24, 2.45) is 0 Å². The number of rotatable bonds is 5. The van der Waals surface area contributed by atoms with Gasteiger partial charge in [-0.3, -0.25) is 0 Å². The van der Waals surface area contributed by atoms with Crippen LogP contribution in [0.25, 0.3) is 0 Å².